The van der Waals surface area contributed by atoms with Crippen LogP contribution in [0.1, 0.15) is 26.7 Å². The van der Waals surface area contributed by atoms with Crippen molar-refractivity contribution in [2.45, 2.75) is 37.9 Å². The zero-order valence-electron chi connectivity index (χ0n) is 19.9. The van der Waals surface area contributed by atoms with Crippen molar-refractivity contribution in [1.29, 1.82) is 0 Å². The van der Waals surface area contributed by atoms with Gasteiger partial charge < -0.3 is 38.6 Å². The maximum atomic E-state index is 11.1. The van der Waals surface area contributed by atoms with Gasteiger partial charge in [0.1, 0.15) is 0 Å². The van der Waals surface area contributed by atoms with Crippen molar-refractivity contribution in [2.24, 2.45) is 0 Å². The van der Waals surface area contributed by atoms with Crippen LogP contribution in [0.25, 0.3) is 11.3 Å². The molecule has 1 aromatic carbocycles. The third-order valence-electron chi connectivity index (χ3n) is 6.35. The van der Waals surface area contributed by atoms with Gasteiger partial charge in [-0.15, -0.1) is 0 Å². The third kappa shape index (κ3) is 3.57. The SMILES string of the molecule is COC1=C(OC)/C(OC)=c2/c(OC)c(OC)c(OC)c/c2=C2\C[C@@](C)(O)[C@@](C)(O)C\C2=C\1. The van der Waals surface area contributed by atoms with Gasteiger partial charge in [-0.2, -0.15) is 0 Å². The molecule has 0 bridgehead atoms. The van der Waals surface area contributed by atoms with Crippen LogP contribution in [0.4, 0.5) is 0 Å². The summed E-state index contributed by atoms with van der Waals surface area (Å²) >= 11 is 0. The number of ether oxygens (including phenoxy) is 6. The van der Waals surface area contributed by atoms with Crippen molar-refractivity contribution in [3.8, 4) is 17.2 Å². The van der Waals surface area contributed by atoms with Gasteiger partial charge in [-0.3, -0.25) is 0 Å². The first kappa shape index (κ1) is 23.8. The molecule has 2 aliphatic carbocycles. The molecule has 2 aliphatic rings. The van der Waals surface area contributed by atoms with Crippen molar-refractivity contribution in [1.82, 2.24) is 0 Å². The Balaban J connectivity index is 2.67. The summed E-state index contributed by atoms with van der Waals surface area (Å²) in [6.45, 7) is 3.25. The normalized spacial score (nSPS) is 32.4. The lowest BCUT2D eigenvalue weighted by Gasteiger charge is -2.45. The Hall–Kier alpha value is -2.84. The molecule has 2 atom stereocenters. The maximum Gasteiger partial charge on any atom is 0.204 e. The van der Waals surface area contributed by atoms with E-state index in [1.54, 1.807) is 21.0 Å². The molecule has 0 unspecified atom stereocenters. The molecule has 0 radical (unpaired) electrons. The van der Waals surface area contributed by atoms with Crippen molar-refractivity contribution in [3.05, 3.63) is 39.7 Å². The molecule has 0 aromatic heterocycles. The van der Waals surface area contributed by atoms with Crippen LogP contribution in [0.3, 0.4) is 0 Å². The van der Waals surface area contributed by atoms with Gasteiger partial charge in [-0.1, -0.05) is 0 Å². The highest BCUT2D eigenvalue weighted by atomic mass is 16.5. The highest BCUT2D eigenvalue weighted by molar-refractivity contribution is 5.75. The van der Waals surface area contributed by atoms with E-state index in [9.17, 15) is 10.2 Å². The molecule has 0 spiro atoms. The summed E-state index contributed by atoms with van der Waals surface area (Å²) in [7, 11) is 9.18. The Bertz CT molecular complexity index is 1090. The van der Waals surface area contributed by atoms with Crippen LogP contribution in [0.15, 0.2) is 29.2 Å². The molecule has 176 valence electrons. The van der Waals surface area contributed by atoms with Crippen LogP contribution < -0.4 is 24.6 Å². The first-order valence-electron chi connectivity index (χ1n) is 10.2. The van der Waals surface area contributed by atoms with E-state index in [2.05, 4.69) is 0 Å². The molecule has 2 N–H and O–H groups in total. The van der Waals surface area contributed by atoms with Gasteiger partial charge in [0, 0.05) is 12.8 Å². The first-order chi connectivity index (χ1) is 15.1. The summed E-state index contributed by atoms with van der Waals surface area (Å²) in [4.78, 5) is 0. The monoisotopic (exact) mass is 448 g/mol. The van der Waals surface area contributed by atoms with Crippen molar-refractivity contribution >= 4 is 11.3 Å². The number of hydrogen-bond acceptors (Lipinski definition) is 8. The average molecular weight is 449 g/mol. The predicted octanol–water partition coefficient (Wildman–Crippen LogP) is 1.36. The standard InChI is InChI=1S/C24H32O8/c1-23(25)11-13-9-16(27-3)19(29-5)21(31-7)18-14(15(13)12-24(23,2)26)10-17(28-4)20(30-6)22(18)32-8/h9-10,25-26H,11-12H2,1-8H3/b13-9-,15-14-,16-9?,19-16-,21-18-,21-19?/t23-,24+/m0/s1. The fraction of sp³-hybridized carbons (Fsp3) is 0.500. The number of benzene rings is 1. The number of aliphatic hydroxyl groups is 2. The number of hydrogen-bond donors (Lipinski definition) is 2. The fourth-order valence-electron chi connectivity index (χ4n) is 4.33. The van der Waals surface area contributed by atoms with Gasteiger partial charge in [0.15, 0.2) is 23.0 Å². The minimum absolute atomic E-state index is 0.174. The number of allylic oxidation sites excluding steroid dienone is 1. The van der Waals surface area contributed by atoms with Gasteiger partial charge in [-0.05, 0) is 42.4 Å². The highest BCUT2D eigenvalue weighted by Gasteiger charge is 2.47. The lowest BCUT2D eigenvalue weighted by Crippen LogP contribution is -2.54. The second-order valence-corrected chi connectivity index (χ2v) is 8.25. The van der Waals surface area contributed by atoms with Crippen LogP contribution in [-0.4, -0.2) is 64.1 Å². The average Bonchev–Trinajstić information content (AvgIpc) is 2.75. The molecule has 0 heterocycles. The molecule has 0 amide bonds. The highest BCUT2D eigenvalue weighted by Crippen LogP contribution is 2.44. The zero-order chi connectivity index (χ0) is 23.8. The zero-order valence-corrected chi connectivity index (χ0v) is 19.9. The predicted molar refractivity (Wildman–Crippen MR) is 119 cm³/mol. The molecule has 32 heavy (non-hydrogen) atoms. The van der Waals surface area contributed by atoms with Gasteiger partial charge in [0.05, 0.1) is 59.1 Å². The van der Waals surface area contributed by atoms with Gasteiger partial charge in [-0.25, -0.2) is 0 Å². The summed E-state index contributed by atoms with van der Waals surface area (Å²) in [5.41, 5.74) is -1.15. The molecule has 0 aliphatic heterocycles. The van der Waals surface area contributed by atoms with Crippen LogP contribution >= 0.6 is 0 Å². The van der Waals surface area contributed by atoms with Crippen molar-refractivity contribution < 1.29 is 38.6 Å². The molecule has 1 saturated carbocycles. The van der Waals surface area contributed by atoms with E-state index in [-0.39, 0.29) is 12.8 Å². The molecule has 3 rings (SSSR count). The molecule has 1 aromatic rings. The summed E-state index contributed by atoms with van der Waals surface area (Å²) < 4.78 is 34.1. The van der Waals surface area contributed by atoms with Crippen molar-refractivity contribution in [3.63, 3.8) is 0 Å². The number of fused-ring (bicyclic) bond motifs is 2. The summed E-state index contributed by atoms with van der Waals surface area (Å²) in [5, 5.41) is 23.4. The van der Waals surface area contributed by atoms with Gasteiger partial charge in [0.25, 0.3) is 0 Å². The van der Waals surface area contributed by atoms with E-state index in [4.69, 9.17) is 28.4 Å². The maximum absolute atomic E-state index is 11.1. The van der Waals surface area contributed by atoms with Crippen LogP contribution in [0.5, 0.6) is 17.2 Å². The number of methoxy groups -OCH3 is 6. The Morgan fingerprint density at radius 3 is 1.81 bits per heavy atom. The third-order valence-corrected chi connectivity index (χ3v) is 6.35. The van der Waals surface area contributed by atoms with Crippen LogP contribution in [0, 0.1) is 0 Å². The Kier molecular flexibility index (Phi) is 6.40. The molecule has 8 nitrogen and oxygen atoms in total. The topological polar surface area (TPSA) is 95.8 Å². The quantitative estimate of drug-likeness (QED) is 0.674. The van der Waals surface area contributed by atoms with E-state index >= 15 is 0 Å². The summed E-state index contributed by atoms with van der Waals surface area (Å²) in [5.74, 6) is 2.37. The number of rotatable bonds is 6. The lowest BCUT2D eigenvalue weighted by atomic mass is 9.68. The minimum atomic E-state index is -1.38. The molecule has 0 saturated heterocycles. The Morgan fingerprint density at radius 1 is 0.719 bits per heavy atom. The van der Waals surface area contributed by atoms with E-state index in [0.717, 1.165) is 11.1 Å². The van der Waals surface area contributed by atoms with Gasteiger partial charge in [0.2, 0.25) is 11.5 Å². The largest absolute Gasteiger partial charge is 0.493 e. The lowest BCUT2D eigenvalue weighted by molar-refractivity contribution is -0.131. The minimum Gasteiger partial charge on any atom is -0.493 e. The van der Waals surface area contributed by atoms with Crippen molar-refractivity contribution in [2.75, 3.05) is 42.7 Å². The molecule has 8 heteroatoms. The first-order valence-corrected chi connectivity index (χ1v) is 10.2. The van der Waals surface area contributed by atoms with Crippen LogP contribution in [-0.2, 0) is 14.2 Å². The second kappa shape index (κ2) is 8.60. The van der Waals surface area contributed by atoms with E-state index in [1.165, 1.54) is 35.5 Å². The van der Waals surface area contributed by atoms with Crippen LogP contribution in [0.2, 0.25) is 0 Å². The Labute approximate surface area is 188 Å². The van der Waals surface area contributed by atoms with E-state index < -0.39 is 11.2 Å². The molecular weight excluding hydrogens is 416 g/mol. The van der Waals surface area contributed by atoms with E-state index in [1.807, 2.05) is 12.1 Å². The smallest absolute Gasteiger partial charge is 0.204 e. The fourth-order valence-corrected chi connectivity index (χ4v) is 4.33. The summed E-state index contributed by atoms with van der Waals surface area (Å²) in [6.07, 6.45) is 2.17. The second-order valence-electron chi connectivity index (χ2n) is 8.25. The Morgan fingerprint density at radius 2 is 1.31 bits per heavy atom. The molecular formula is C24H32O8. The molecule has 1 fully saturated rings. The summed E-state index contributed by atoms with van der Waals surface area (Å²) in [6, 6.07) is 1.82. The van der Waals surface area contributed by atoms with Gasteiger partial charge >= 0.3 is 0 Å². The van der Waals surface area contributed by atoms with E-state index in [0.29, 0.717) is 45.0 Å².